The average Bonchev–Trinajstić information content (AvgIpc) is 2.38. The molecule has 0 bridgehead atoms. The average molecular weight is 258 g/mol. The van der Waals surface area contributed by atoms with Crippen LogP contribution in [0.2, 0.25) is 0 Å². The summed E-state index contributed by atoms with van der Waals surface area (Å²) in [5.74, 6) is -0.728. The molecule has 1 aromatic rings. The number of aliphatic carboxylic acids is 1. The van der Waals surface area contributed by atoms with Crippen LogP contribution in [0.5, 0.6) is 0 Å². The molecule has 0 aromatic heterocycles. The van der Waals surface area contributed by atoms with Gasteiger partial charge in [0.2, 0.25) is 0 Å². The first kappa shape index (κ1) is 13.4. The Balaban J connectivity index is 2.08. The number of piperidine rings is 1. The lowest BCUT2D eigenvalue weighted by Crippen LogP contribution is -2.40. The van der Waals surface area contributed by atoms with E-state index in [2.05, 4.69) is 11.0 Å². The van der Waals surface area contributed by atoms with E-state index in [4.69, 9.17) is 10.4 Å². The molecule has 0 spiro atoms. The monoisotopic (exact) mass is 258 g/mol. The van der Waals surface area contributed by atoms with Crippen LogP contribution in [0.3, 0.4) is 0 Å². The number of hydrogen-bond donors (Lipinski definition) is 1. The van der Waals surface area contributed by atoms with Crippen LogP contribution in [0.15, 0.2) is 24.3 Å². The quantitative estimate of drug-likeness (QED) is 0.905. The fourth-order valence-corrected chi connectivity index (χ4v) is 2.67. The Morgan fingerprint density at radius 1 is 1.42 bits per heavy atom. The van der Waals surface area contributed by atoms with E-state index in [9.17, 15) is 4.79 Å². The summed E-state index contributed by atoms with van der Waals surface area (Å²) in [5, 5.41) is 18.1. The Bertz CT molecular complexity index is 511. The smallest absolute Gasteiger partial charge is 0.303 e. The number of anilines is 1. The van der Waals surface area contributed by atoms with Gasteiger partial charge in [-0.25, -0.2) is 0 Å². The third kappa shape index (κ3) is 3.05. The van der Waals surface area contributed by atoms with Gasteiger partial charge in [0.1, 0.15) is 6.07 Å². The van der Waals surface area contributed by atoms with Gasteiger partial charge in [0.25, 0.3) is 0 Å². The van der Waals surface area contributed by atoms with Crippen molar-refractivity contribution < 1.29 is 9.90 Å². The van der Waals surface area contributed by atoms with E-state index >= 15 is 0 Å². The van der Waals surface area contributed by atoms with Crippen LogP contribution in [0.25, 0.3) is 0 Å². The second-order valence-electron chi connectivity index (χ2n) is 5.50. The molecule has 100 valence electrons. The van der Waals surface area contributed by atoms with Crippen molar-refractivity contribution >= 4 is 11.7 Å². The fraction of sp³-hybridized carbons (Fsp3) is 0.467. The van der Waals surface area contributed by atoms with Crippen molar-refractivity contribution in [2.24, 2.45) is 5.41 Å². The predicted octanol–water partition coefficient (Wildman–Crippen LogP) is 2.64. The van der Waals surface area contributed by atoms with Crippen LogP contribution >= 0.6 is 0 Å². The number of nitrogens with zero attached hydrogens (tertiary/aromatic N) is 2. The molecular formula is C15H18N2O2. The van der Waals surface area contributed by atoms with Crippen molar-refractivity contribution in [1.29, 1.82) is 5.26 Å². The van der Waals surface area contributed by atoms with Gasteiger partial charge in [0, 0.05) is 13.1 Å². The minimum atomic E-state index is -0.728. The molecule has 1 fully saturated rings. The summed E-state index contributed by atoms with van der Waals surface area (Å²) in [4.78, 5) is 13.1. The third-order valence-corrected chi connectivity index (χ3v) is 3.91. The van der Waals surface area contributed by atoms with E-state index < -0.39 is 5.97 Å². The summed E-state index contributed by atoms with van der Waals surface area (Å²) in [6, 6.07) is 9.78. The maximum atomic E-state index is 10.9. The number of carbonyl (C=O) groups is 1. The molecule has 0 aliphatic carbocycles. The molecule has 19 heavy (non-hydrogen) atoms. The van der Waals surface area contributed by atoms with Crippen molar-refractivity contribution in [2.45, 2.75) is 26.2 Å². The Hall–Kier alpha value is -2.02. The minimum Gasteiger partial charge on any atom is -0.481 e. The highest BCUT2D eigenvalue weighted by molar-refractivity contribution is 5.68. The summed E-state index contributed by atoms with van der Waals surface area (Å²) in [7, 11) is 0. The van der Waals surface area contributed by atoms with Crippen molar-refractivity contribution in [3.63, 3.8) is 0 Å². The molecule has 0 saturated carbocycles. The van der Waals surface area contributed by atoms with E-state index in [0.29, 0.717) is 5.56 Å². The first-order valence-corrected chi connectivity index (χ1v) is 6.50. The van der Waals surface area contributed by atoms with Gasteiger partial charge in [-0.05, 0) is 30.4 Å². The SMILES string of the molecule is CC1(CC(=O)O)CCN(c2ccccc2C#N)CC1. The zero-order chi connectivity index (χ0) is 13.9. The Kier molecular flexibility index (Phi) is 3.75. The molecule has 1 aromatic carbocycles. The first-order valence-electron chi connectivity index (χ1n) is 6.50. The van der Waals surface area contributed by atoms with Crippen molar-refractivity contribution in [3.8, 4) is 6.07 Å². The molecule has 1 heterocycles. The molecule has 0 unspecified atom stereocenters. The van der Waals surface area contributed by atoms with Crippen LogP contribution in [-0.4, -0.2) is 24.2 Å². The third-order valence-electron chi connectivity index (χ3n) is 3.91. The van der Waals surface area contributed by atoms with E-state index in [1.807, 2.05) is 31.2 Å². The first-order chi connectivity index (χ1) is 9.04. The highest BCUT2D eigenvalue weighted by Gasteiger charge is 2.32. The van der Waals surface area contributed by atoms with Gasteiger partial charge in [-0.2, -0.15) is 5.26 Å². The topological polar surface area (TPSA) is 64.3 Å². The van der Waals surface area contributed by atoms with Gasteiger partial charge in [-0.15, -0.1) is 0 Å². The maximum Gasteiger partial charge on any atom is 0.303 e. The van der Waals surface area contributed by atoms with Gasteiger partial charge >= 0.3 is 5.97 Å². The predicted molar refractivity (Wildman–Crippen MR) is 73.0 cm³/mol. The minimum absolute atomic E-state index is 0.121. The number of rotatable bonds is 3. The molecular weight excluding hydrogens is 240 g/mol. The number of carboxylic acid groups (broad SMARTS) is 1. The number of carboxylic acids is 1. The van der Waals surface area contributed by atoms with Crippen molar-refractivity contribution in [3.05, 3.63) is 29.8 Å². The van der Waals surface area contributed by atoms with Gasteiger partial charge in [0.15, 0.2) is 0 Å². The van der Waals surface area contributed by atoms with Crippen LogP contribution in [0, 0.1) is 16.7 Å². The largest absolute Gasteiger partial charge is 0.481 e. The second kappa shape index (κ2) is 5.31. The second-order valence-corrected chi connectivity index (χ2v) is 5.50. The fourth-order valence-electron chi connectivity index (χ4n) is 2.67. The van der Waals surface area contributed by atoms with Crippen molar-refractivity contribution in [2.75, 3.05) is 18.0 Å². The van der Waals surface area contributed by atoms with Crippen molar-refractivity contribution in [1.82, 2.24) is 0 Å². The van der Waals surface area contributed by atoms with Crippen LogP contribution in [0.1, 0.15) is 31.7 Å². The summed E-state index contributed by atoms with van der Waals surface area (Å²) in [5.41, 5.74) is 1.52. The van der Waals surface area contributed by atoms with Crippen LogP contribution in [0.4, 0.5) is 5.69 Å². The highest BCUT2D eigenvalue weighted by Crippen LogP contribution is 2.36. The van der Waals surface area contributed by atoms with E-state index in [-0.39, 0.29) is 11.8 Å². The number of benzene rings is 1. The maximum absolute atomic E-state index is 10.9. The standard InChI is InChI=1S/C15H18N2O2/c1-15(10-14(18)19)6-8-17(9-7-15)13-5-3-2-4-12(13)11-16/h2-5H,6-10H2,1H3,(H,18,19). The molecule has 4 heteroatoms. The molecule has 0 atom stereocenters. The van der Waals surface area contributed by atoms with Crippen LogP contribution in [-0.2, 0) is 4.79 Å². The molecule has 1 aliphatic heterocycles. The summed E-state index contributed by atoms with van der Waals surface area (Å²) < 4.78 is 0. The summed E-state index contributed by atoms with van der Waals surface area (Å²) in [6.45, 7) is 3.65. The van der Waals surface area contributed by atoms with Gasteiger partial charge in [0.05, 0.1) is 17.7 Å². The Morgan fingerprint density at radius 2 is 2.05 bits per heavy atom. The van der Waals surface area contributed by atoms with Gasteiger partial charge < -0.3 is 10.0 Å². The molecule has 1 aliphatic rings. The zero-order valence-electron chi connectivity index (χ0n) is 11.1. The Labute approximate surface area is 113 Å². The van der Waals surface area contributed by atoms with Gasteiger partial charge in [-0.3, -0.25) is 4.79 Å². The zero-order valence-corrected chi connectivity index (χ0v) is 11.1. The molecule has 1 N–H and O–H groups in total. The molecule has 4 nitrogen and oxygen atoms in total. The molecule has 0 amide bonds. The number of hydrogen-bond acceptors (Lipinski definition) is 3. The lowest BCUT2D eigenvalue weighted by atomic mass is 9.77. The van der Waals surface area contributed by atoms with E-state index in [1.54, 1.807) is 0 Å². The molecule has 1 saturated heterocycles. The number of para-hydroxylation sites is 1. The van der Waals surface area contributed by atoms with E-state index in [1.165, 1.54) is 0 Å². The Morgan fingerprint density at radius 3 is 2.63 bits per heavy atom. The molecule has 2 rings (SSSR count). The number of nitriles is 1. The molecule has 0 radical (unpaired) electrons. The summed E-state index contributed by atoms with van der Waals surface area (Å²) in [6.07, 6.45) is 1.92. The lowest BCUT2D eigenvalue weighted by molar-refractivity contribution is -0.139. The normalized spacial score (nSPS) is 17.8. The van der Waals surface area contributed by atoms with Crippen LogP contribution < -0.4 is 4.90 Å². The van der Waals surface area contributed by atoms with E-state index in [0.717, 1.165) is 31.6 Å². The summed E-state index contributed by atoms with van der Waals surface area (Å²) >= 11 is 0. The highest BCUT2D eigenvalue weighted by atomic mass is 16.4. The van der Waals surface area contributed by atoms with Gasteiger partial charge in [-0.1, -0.05) is 19.1 Å². The lowest BCUT2D eigenvalue weighted by Gasteiger charge is -2.40.